The van der Waals surface area contributed by atoms with Gasteiger partial charge in [0.1, 0.15) is 13.3 Å². The lowest BCUT2D eigenvalue weighted by atomic mass is 10.1. The molecule has 0 fully saturated rings. The van der Waals surface area contributed by atoms with Crippen LogP contribution in [0, 0.1) is 0 Å². The molecule has 0 aliphatic heterocycles. The Labute approximate surface area is 158 Å². The third-order valence-electron chi connectivity index (χ3n) is 3.35. The van der Waals surface area contributed by atoms with Gasteiger partial charge in [0, 0.05) is 29.0 Å². The minimum absolute atomic E-state index is 0.0950. The first kappa shape index (κ1) is 15.8. The van der Waals surface area contributed by atoms with E-state index in [1.165, 1.54) is 0 Å². The molecule has 140 valence electrons. The molecular formula is C20H25FN2O3. The molecule has 0 aliphatic carbocycles. The number of anilines is 1. The summed E-state index contributed by atoms with van der Waals surface area (Å²) < 4.78 is 49.2. The van der Waals surface area contributed by atoms with Gasteiger partial charge in [-0.05, 0) is 29.3 Å². The van der Waals surface area contributed by atoms with E-state index in [1.807, 2.05) is 30.4 Å². The lowest BCUT2D eigenvalue weighted by molar-refractivity contribution is 0.0320. The average molecular weight is 363 g/mol. The molecule has 0 radical (unpaired) electrons. The van der Waals surface area contributed by atoms with Gasteiger partial charge in [0.2, 0.25) is 5.88 Å². The molecule has 1 N–H and O–H groups in total. The van der Waals surface area contributed by atoms with Crippen LogP contribution in [0.2, 0.25) is 0 Å². The zero-order valence-electron chi connectivity index (χ0n) is 17.5. The highest BCUT2D eigenvalue weighted by Crippen LogP contribution is 2.13. The standard InChI is InChI=1S/C20H25FN2O3/c1-22-19-7-4-17(5-8-19)2-3-18-6-9-20(23-16-18)26-15-14-25-13-12-24-11-10-21/h2-9,16,22H,10-15H2,1H3/b3-2+/i1D3. The summed E-state index contributed by atoms with van der Waals surface area (Å²) in [5, 5.41) is 2.45. The van der Waals surface area contributed by atoms with Crippen LogP contribution >= 0.6 is 0 Å². The van der Waals surface area contributed by atoms with Crippen LogP contribution in [-0.2, 0) is 9.47 Å². The second kappa shape index (κ2) is 12.0. The Morgan fingerprint density at radius 2 is 1.65 bits per heavy atom. The van der Waals surface area contributed by atoms with E-state index in [4.69, 9.17) is 18.3 Å². The highest BCUT2D eigenvalue weighted by Gasteiger charge is 1.96. The Morgan fingerprint density at radius 1 is 0.962 bits per heavy atom. The van der Waals surface area contributed by atoms with Gasteiger partial charge in [-0.3, -0.25) is 0 Å². The van der Waals surface area contributed by atoms with Gasteiger partial charge < -0.3 is 19.5 Å². The minimum Gasteiger partial charge on any atom is -0.475 e. The summed E-state index contributed by atoms with van der Waals surface area (Å²) in [5.74, 6) is 0.500. The number of alkyl halides is 1. The number of pyridine rings is 1. The van der Waals surface area contributed by atoms with E-state index < -0.39 is 13.7 Å². The van der Waals surface area contributed by atoms with Gasteiger partial charge in [-0.25, -0.2) is 9.37 Å². The molecule has 2 rings (SSSR count). The molecule has 0 atom stereocenters. The number of ether oxygens (including phenoxy) is 3. The first-order chi connectivity index (χ1) is 14.0. The monoisotopic (exact) mass is 363 g/mol. The summed E-state index contributed by atoms with van der Waals surface area (Å²) in [6.07, 6.45) is 5.51. The molecule has 26 heavy (non-hydrogen) atoms. The van der Waals surface area contributed by atoms with Crippen molar-refractivity contribution in [2.45, 2.75) is 0 Å². The smallest absolute Gasteiger partial charge is 0.213 e. The molecular weight excluding hydrogens is 335 g/mol. The second-order valence-corrected chi connectivity index (χ2v) is 5.27. The maximum Gasteiger partial charge on any atom is 0.213 e. The molecule has 0 unspecified atom stereocenters. The molecule has 1 aromatic carbocycles. The average Bonchev–Trinajstić information content (AvgIpc) is 2.69. The maximum absolute atomic E-state index is 11.8. The van der Waals surface area contributed by atoms with Gasteiger partial charge >= 0.3 is 0 Å². The molecule has 0 saturated carbocycles. The Balaban J connectivity index is 1.71. The largest absolute Gasteiger partial charge is 0.475 e. The van der Waals surface area contributed by atoms with E-state index in [2.05, 4.69) is 10.3 Å². The zero-order valence-corrected chi connectivity index (χ0v) is 14.5. The van der Waals surface area contributed by atoms with Crippen molar-refractivity contribution >= 4 is 17.8 Å². The number of aromatic nitrogens is 1. The van der Waals surface area contributed by atoms with Crippen molar-refractivity contribution in [3.63, 3.8) is 0 Å². The number of hydrogen-bond donors (Lipinski definition) is 1. The van der Waals surface area contributed by atoms with Crippen molar-refractivity contribution < 1.29 is 22.7 Å². The quantitative estimate of drug-likeness (QED) is 0.583. The van der Waals surface area contributed by atoms with Crippen LogP contribution in [0.25, 0.3) is 12.2 Å². The van der Waals surface area contributed by atoms with E-state index in [-0.39, 0.29) is 6.61 Å². The van der Waals surface area contributed by atoms with Crippen LogP contribution in [0.3, 0.4) is 0 Å². The van der Waals surface area contributed by atoms with Crippen LogP contribution in [0.1, 0.15) is 15.2 Å². The predicted octanol–water partition coefficient (Wildman–Crippen LogP) is 3.68. The van der Waals surface area contributed by atoms with Gasteiger partial charge in [-0.15, -0.1) is 0 Å². The van der Waals surface area contributed by atoms with Crippen LogP contribution in [0.4, 0.5) is 10.1 Å². The lowest BCUT2D eigenvalue weighted by Gasteiger charge is -2.06. The van der Waals surface area contributed by atoms with E-state index in [1.54, 1.807) is 24.4 Å². The van der Waals surface area contributed by atoms with E-state index in [0.29, 0.717) is 38.0 Å². The van der Waals surface area contributed by atoms with Crippen molar-refractivity contribution in [3.05, 3.63) is 53.7 Å². The Hall–Kier alpha value is -2.44. The van der Waals surface area contributed by atoms with Gasteiger partial charge in [-0.1, -0.05) is 24.3 Å². The first-order valence-electron chi connectivity index (χ1n) is 9.83. The number of benzene rings is 1. The summed E-state index contributed by atoms with van der Waals surface area (Å²) in [6, 6.07) is 10.8. The van der Waals surface area contributed by atoms with Crippen molar-refractivity contribution in [2.24, 2.45) is 0 Å². The fourth-order valence-electron chi connectivity index (χ4n) is 2.03. The number of nitrogens with zero attached hydrogens (tertiary/aromatic N) is 1. The fraction of sp³-hybridized carbons (Fsp3) is 0.350. The molecule has 2 aromatic rings. The third-order valence-corrected chi connectivity index (χ3v) is 3.35. The normalized spacial score (nSPS) is 13.2. The SMILES string of the molecule is [2H]C([2H])([2H])Nc1ccc(/C=C/c2ccc(OCCOCCOCCF)nc2)cc1. The number of nitrogens with one attached hydrogen (secondary N) is 1. The third kappa shape index (κ3) is 7.63. The van der Waals surface area contributed by atoms with Gasteiger partial charge in [-0.2, -0.15) is 0 Å². The fourth-order valence-corrected chi connectivity index (χ4v) is 2.03. The van der Waals surface area contributed by atoms with Crippen LogP contribution < -0.4 is 10.1 Å². The molecule has 5 nitrogen and oxygen atoms in total. The molecule has 0 bridgehead atoms. The molecule has 1 heterocycles. The predicted molar refractivity (Wildman–Crippen MR) is 102 cm³/mol. The van der Waals surface area contributed by atoms with E-state index >= 15 is 0 Å². The maximum atomic E-state index is 11.8. The number of hydrogen-bond acceptors (Lipinski definition) is 5. The second-order valence-electron chi connectivity index (χ2n) is 5.27. The molecule has 0 spiro atoms. The summed E-state index contributed by atoms with van der Waals surface area (Å²) in [7, 11) is 0. The Bertz CT molecular complexity index is 738. The number of rotatable bonds is 12. The van der Waals surface area contributed by atoms with Crippen LogP contribution in [-0.4, -0.2) is 51.7 Å². The van der Waals surface area contributed by atoms with Gasteiger partial charge in [0.15, 0.2) is 0 Å². The molecule has 1 aromatic heterocycles. The number of halogens is 1. The topological polar surface area (TPSA) is 52.6 Å². The van der Waals surface area contributed by atoms with Gasteiger partial charge in [0.25, 0.3) is 0 Å². The highest BCUT2D eigenvalue weighted by molar-refractivity contribution is 5.70. The van der Waals surface area contributed by atoms with Gasteiger partial charge in [0.05, 0.1) is 26.4 Å². The highest BCUT2D eigenvalue weighted by atomic mass is 19.1. The Morgan fingerprint density at radius 3 is 2.35 bits per heavy atom. The van der Waals surface area contributed by atoms with E-state index in [9.17, 15) is 4.39 Å². The summed E-state index contributed by atoms with van der Waals surface area (Å²) in [6.45, 7) is -1.08. The van der Waals surface area contributed by atoms with Crippen LogP contribution in [0.15, 0.2) is 42.6 Å². The van der Waals surface area contributed by atoms with Crippen molar-refractivity contribution in [2.75, 3.05) is 52.0 Å². The molecule has 0 saturated heterocycles. The summed E-state index contributed by atoms with van der Waals surface area (Å²) >= 11 is 0. The summed E-state index contributed by atoms with van der Waals surface area (Å²) in [4.78, 5) is 4.24. The summed E-state index contributed by atoms with van der Waals surface area (Å²) in [5.41, 5.74) is 2.39. The Kier molecular flexibility index (Phi) is 7.29. The lowest BCUT2D eigenvalue weighted by Crippen LogP contribution is -2.11. The first-order valence-corrected chi connectivity index (χ1v) is 8.33. The minimum atomic E-state index is -2.20. The zero-order chi connectivity index (χ0) is 21.0. The molecule has 6 heteroatoms. The van der Waals surface area contributed by atoms with Crippen molar-refractivity contribution in [3.8, 4) is 5.88 Å². The molecule has 0 aliphatic rings. The van der Waals surface area contributed by atoms with E-state index in [0.717, 1.165) is 11.1 Å². The van der Waals surface area contributed by atoms with Crippen LogP contribution in [0.5, 0.6) is 5.88 Å². The van der Waals surface area contributed by atoms with Crippen molar-refractivity contribution in [1.29, 1.82) is 0 Å². The van der Waals surface area contributed by atoms with Crippen molar-refractivity contribution in [1.82, 2.24) is 4.98 Å². The molecule has 0 amide bonds.